The molecule has 1 fully saturated rings. The Hall–Kier alpha value is -3.17. The van der Waals surface area contributed by atoms with Gasteiger partial charge >= 0.3 is 5.97 Å². The molecule has 51 heavy (non-hydrogen) atoms. The number of aliphatic hydroxyl groups is 4. The van der Waals surface area contributed by atoms with Crippen LogP contribution in [0.3, 0.4) is 0 Å². The van der Waals surface area contributed by atoms with Crippen LogP contribution in [-0.4, -0.2) is 88.0 Å². The maximum atomic E-state index is 16.7. The van der Waals surface area contributed by atoms with Crippen molar-refractivity contribution in [3.63, 3.8) is 0 Å². The number of ether oxygens (including phenoxy) is 2. The maximum absolute atomic E-state index is 16.7. The molecule has 0 radical (unpaired) electrons. The number of rotatable bonds is 12. The zero-order chi connectivity index (χ0) is 37.7. The number of hydrogen-bond acceptors (Lipinski definition) is 9. The second-order valence-corrected chi connectivity index (χ2v) is 13.9. The molecule has 0 spiro atoms. The smallest absolute Gasteiger partial charge is 0.308 e. The molecule has 2 aliphatic heterocycles. The molecular weight excluding hydrogens is 706 g/mol. The molecule has 11 nitrogen and oxygen atoms in total. The number of fused-ring (bicyclic) bond motifs is 1. The van der Waals surface area contributed by atoms with Gasteiger partial charge in [-0.3, -0.25) is 14.5 Å². The van der Waals surface area contributed by atoms with Crippen LogP contribution in [0.25, 0.3) is 0 Å². The largest absolute Gasteiger partial charge is 0.481 e. The molecule has 278 valence electrons. The summed E-state index contributed by atoms with van der Waals surface area (Å²) in [5, 5.41) is 48.0. The molecule has 3 aromatic rings. The Kier molecular flexibility index (Phi) is 13.3. The zero-order valence-electron chi connectivity index (χ0n) is 28.7. The number of amides is 1. The molecule has 3 aromatic carbocycles. The number of hydrogen-bond donors (Lipinski definition) is 6. The number of carboxylic acid groups (broad SMARTS) is 1. The van der Waals surface area contributed by atoms with Crippen molar-refractivity contribution in [2.75, 3.05) is 40.1 Å². The second kappa shape index (κ2) is 16.7. The van der Waals surface area contributed by atoms with E-state index in [1.165, 1.54) is 31.1 Å². The molecule has 5 rings (SSSR count). The second-order valence-electron chi connectivity index (χ2n) is 13.0. The summed E-state index contributed by atoms with van der Waals surface area (Å²) in [5.74, 6) is -3.89. The molecule has 0 aliphatic carbocycles. The predicted molar refractivity (Wildman–Crippen MR) is 189 cm³/mol. The quantitative estimate of drug-likeness (QED) is 0.153. The van der Waals surface area contributed by atoms with Crippen molar-refractivity contribution in [2.45, 2.75) is 56.0 Å². The Morgan fingerprint density at radius 2 is 1.57 bits per heavy atom. The van der Waals surface area contributed by atoms with Gasteiger partial charge in [0.2, 0.25) is 0 Å². The lowest BCUT2D eigenvalue weighted by atomic mass is 9.74. The number of halogens is 3. The third-order valence-electron chi connectivity index (χ3n) is 9.98. The normalized spacial score (nSPS) is 20.2. The van der Waals surface area contributed by atoms with Crippen molar-refractivity contribution in [2.24, 2.45) is 17.6 Å². The van der Waals surface area contributed by atoms with E-state index in [4.69, 9.17) is 53.7 Å². The first-order chi connectivity index (χ1) is 24.2. The molecular formula is C37H45Cl2FN2O9. The summed E-state index contributed by atoms with van der Waals surface area (Å²) in [5.41, 5.74) is 1.73. The first-order valence-electron chi connectivity index (χ1n) is 16.6. The van der Waals surface area contributed by atoms with Crippen LogP contribution in [0.2, 0.25) is 10.0 Å². The van der Waals surface area contributed by atoms with Gasteiger partial charge in [-0.15, -0.1) is 0 Å². The third kappa shape index (κ3) is 7.80. The van der Waals surface area contributed by atoms with Crippen molar-refractivity contribution >= 4 is 35.1 Å². The minimum Gasteiger partial charge on any atom is -0.481 e. The molecule has 14 heteroatoms. The average molecular weight is 752 g/mol. The van der Waals surface area contributed by atoms with Crippen LogP contribution >= 0.6 is 23.2 Å². The van der Waals surface area contributed by atoms with Crippen molar-refractivity contribution in [3.8, 4) is 0 Å². The van der Waals surface area contributed by atoms with Crippen LogP contribution in [0.5, 0.6) is 0 Å². The molecule has 4 atom stereocenters. The Labute approximate surface area is 306 Å². The van der Waals surface area contributed by atoms with E-state index in [0.29, 0.717) is 53.6 Å². The standard InChI is InChI=1S/C33H34Cl2FNO6.C4H11NO3/c1-4-32(41,21-13-15-43-16-14-21)23-17-26-28(27(36)18-23)33(42-3,22-7-11-25(35)12-8-22)37(30(26)38)29(19(2)31(39)40)20-5-9-24(34)10-6-20;5-4(1-6,2-7)3-8/h5-12,17-19,21,29,41H,4,13-16H2,1-3H3,(H,39,40);6-8H,1-3,5H2/t19-,29-,32-,33+;/m0./s1. The summed E-state index contributed by atoms with van der Waals surface area (Å²) < 4.78 is 28.4. The summed E-state index contributed by atoms with van der Waals surface area (Å²) in [6, 6.07) is 14.7. The number of benzene rings is 3. The summed E-state index contributed by atoms with van der Waals surface area (Å²) in [6.07, 6.45) is 1.47. The number of aliphatic hydroxyl groups excluding tert-OH is 3. The van der Waals surface area contributed by atoms with Gasteiger partial charge in [-0.1, -0.05) is 54.4 Å². The maximum Gasteiger partial charge on any atom is 0.308 e. The van der Waals surface area contributed by atoms with Crippen LogP contribution in [0.15, 0.2) is 60.7 Å². The SMILES string of the molecule is CC[C@@](O)(c1cc(F)c2c(c1)C(=O)N([C@H](c1ccc(Cl)cc1)[C@H](C)C(=O)O)[C@@]2(OC)c1ccc(Cl)cc1)C1CCOCC1.NC(CO)(CO)CO. The third-order valence-corrected chi connectivity index (χ3v) is 10.5. The van der Waals surface area contributed by atoms with Gasteiger partial charge in [0.25, 0.3) is 5.91 Å². The Morgan fingerprint density at radius 3 is 2.02 bits per heavy atom. The number of methoxy groups -OCH3 is 1. The van der Waals surface area contributed by atoms with E-state index >= 15 is 4.39 Å². The van der Waals surface area contributed by atoms with Crippen molar-refractivity contribution in [3.05, 3.63) is 104 Å². The fraction of sp³-hybridized carbons (Fsp3) is 0.459. The molecule has 0 unspecified atom stereocenters. The Bertz CT molecular complexity index is 1660. The highest BCUT2D eigenvalue weighted by Gasteiger charge is 2.58. The van der Waals surface area contributed by atoms with Crippen molar-refractivity contribution in [1.29, 1.82) is 0 Å². The molecule has 0 aromatic heterocycles. The zero-order valence-corrected chi connectivity index (χ0v) is 30.2. The number of carbonyl (C=O) groups is 2. The van der Waals surface area contributed by atoms with Gasteiger partial charge in [0.05, 0.1) is 54.0 Å². The van der Waals surface area contributed by atoms with Crippen molar-refractivity contribution in [1.82, 2.24) is 4.90 Å². The summed E-state index contributed by atoms with van der Waals surface area (Å²) in [4.78, 5) is 28.5. The highest BCUT2D eigenvalue weighted by molar-refractivity contribution is 6.30. The van der Waals surface area contributed by atoms with E-state index in [0.717, 1.165) is 0 Å². The van der Waals surface area contributed by atoms with Gasteiger partial charge in [-0.25, -0.2) is 4.39 Å². The number of aliphatic carboxylic acids is 1. The lowest BCUT2D eigenvalue weighted by Gasteiger charge is -2.44. The van der Waals surface area contributed by atoms with E-state index < -0.39 is 66.3 Å². The Balaban J connectivity index is 0.000000652. The highest BCUT2D eigenvalue weighted by Crippen LogP contribution is 2.53. The molecule has 2 aliphatic rings. The number of nitrogens with zero attached hydrogens (tertiary/aromatic N) is 1. The van der Waals surface area contributed by atoms with Crippen LogP contribution in [0.1, 0.15) is 71.8 Å². The van der Waals surface area contributed by atoms with Gasteiger partial charge in [0, 0.05) is 35.9 Å². The van der Waals surface area contributed by atoms with Crippen LogP contribution < -0.4 is 5.73 Å². The van der Waals surface area contributed by atoms with E-state index in [-0.39, 0.29) is 22.6 Å². The lowest BCUT2D eigenvalue weighted by molar-refractivity contribution is -0.149. The van der Waals surface area contributed by atoms with Crippen LogP contribution in [0.4, 0.5) is 4.39 Å². The van der Waals surface area contributed by atoms with Crippen LogP contribution in [-0.2, 0) is 25.6 Å². The van der Waals surface area contributed by atoms with Crippen molar-refractivity contribution < 1.29 is 49.0 Å². The van der Waals surface area contributed by atoms with Crippen LogP contribution in [0, 0.1) is 17.7 Å². The average Bonchev–Trinajstić information content (AvgIpc) is 3.40. The summed E-state index contributed by atoms with van der Waals surface area (Å²) in [7, 11) is 1.35. The molecule has 1 saturated heterocycles. The molecule has 7 N–H and O–H groups in total. The first-order valence-corrected chi connectivity index (χ1v) is 17.3. The summed E-state index contributed by atoms with van der Waals surface area (Å²) in [6.45, 7) is 3.06. The Morgan fingerprint density at radius 1 is 1.04 bits per heavy atom. The first kappa shape index (κ1) is 40.6. The molecule has 2 heterocycles. The van der Waals surface area contributed by atoms with E-state index in [2.05, 4.69) is 0 Å². The monoisotopic (exact) mass is 750 g/mol. The fourth-order valence-corrected chi connectivity index (χ4v) is 7.12. The van der Waals surface area contributed by atoms with Gasteiger partial charge in [0.1, 0.15) is 5.82 Å². The summed E-state index contributed by atoms with van der Waals surface area (Å²) >= 11 is 12.4. The highest BCUT2D eigenvalue weighted by atomic mass is 35.5. The number of carbonyl (C=O) groups excluding carboxylic acids is 1. The number of nitrogens with two attached hydrogens (primary N) is 1. The minimum absolute atomic E-state index is 0.0118. The lowest BCUT2D eigenvalue weighted by Crippen LogP contribution is -2.51. The van der Waals surface area contributed by atoms with Gasteiger partial charge in [-0.2, -0.15) is 0 Å². The molecule has 0 bridgehead atoms. The molecule has 1 amide bonds. The van der Waals surface area contributed by atoms with Gasteiger partial charge in [-0.05, 0) is 79.6 Å². The fourth-order valence-electron chi connectivity index (χ4n) is 6.87. The van der Waals surface area contributed by atoms with Gasteiger partial charge in [0.15, 0.2) is 5.72 Å². The molecule has 0 saturated carbocycles. The van der Waals surface area contributed by atoms with E-state index in [1.54, 1.807) is 48.5 Å². The minimum atomic E-state index is -1.86. The van der Waals surface area contributed by atoms with Gasteiger partial charge < -0.3 is 40.7 Å². The van der Waals surface area contributed by atoms with E-state index in [1.807, 2.05) is 6.92 Å². The predicted octanol–water partition coefficient (Wildman–Crippen LogP) is 4.58. The topological polar surface area (TPSA) is 183 Å². The van der Waals surface area contributed by atoms with E-state index in [9.17, 15) is 19.8 Å². The number of carboxylic acids is 1.